The van der Waals surface area contributed by atoms with Crippen LogP contribution in [0.2, 0.25) is 0 Å². The van der Waals surface area contributed by atoms with E-state index in [-0.39, 0.29) is 15.8 Å². The predicted octanol–water partition coefficient (Wildman–Crippen LogP) is 3.94. The summed E-state index contributed by atoms with van der Waals surface area (Å²) in [4.78, 5) is 4.57. The fraction of sp³-hybridized carbons (Fsp3) is 0.778. The van der Waals surface area contributed by atoms with Gasteiger partial charge in [-0.15, -0.1) is 11.6 Å². The molecule has 1 aromatic rings. The zero-order valence-electron chi connectivity index (χ0n) is 16.2. The molecule has 0 aliphatic heterocycles. The summed E-state index contributed by atoms with van der Waals surface area (Å²) in [7, 11) is 3.69. The molecule has 1 heterocycles. The molecule has 0 spiro atoms. The highest BCUT2D eigenvalue weighted by molar-refractivity contribution is 6.23. The second-order valence-electron chi connectivity index (χ2n) is 8.75. The molecule has 0 aliphatic rings. The molecular formula is C18H33ClN3O+. The van der Waals surface area contributed by atoms with E-state index in [1.165, 1.54) is 0 Å². The quantitative estimate of drug-likeness (QED) is 0.345. The van der Waals surface area contributed by atoms with E-state index in [1.807, 2.05) is 27.1 Å². The van der Waals surface area contributed by atoms with E-state index < -0.39 is 0 Å². The molecule has 0 aliphatic carbocycles. The van der Waals surface area contributed by atoms with Crippen molar-refractivity contribution in [1.29, 1.82) is 0 Å². The van der Waals surface area contributed by atoms with Crippen molar-refractivity contribution in [3.05, 3.63) is 18.2 Å². The molecule has 0 bridgehead atoms. The Balaban J connectivity index is 3.25. The zero-order valence-corrected chi connectivity index (χ0v) is 17.0. The number of alkyl halides is 1. The molecule has 0 fully saturated rings. The number of halogens is 1. The van der Waals surface area contributed by atoms with Crippen LogP contribution >= 0.6 is 11.6 Å². The highest BCUT2D eigenvalue weighted by Gasteiger charge is 2.31. The van der Waals surface area contributed by atoms with Crippen LogP contribution in [0.5, 0.6) is 0 Å². The van der Waals surface area contributed by atoms with Gasteiger partial charge >= 0.3 is 11.7 Å². The summed E-state index contributed by atoms with van der Waals surface area (Å²) in [5.41, 5.74) is -0.131. The number of nitrogens with zero attached hydrogens (tertiary/aromatic N) is 3. The minimum Gasteiger partial charge on any atom is -0.475 e. The van der Waals surface area contributed by atoms with E-state index in [0.29, 0.717) is 5.90 Å². The van der Waals surface area contributed by atoms with Gasteiger partial charge in [0, 0.05) is 4.87 Å². The first-order valence-corrected chi connectivity index (χ1v) is 8.50. The van der Waals surface area contributed by atoms with Crippen molar-refractivity contribution in [3.8, 4) is 0 Å². The third kappa shape index (κ3) is 6.54. The Kier molecular flexibility index (Phi) is 5.95. The van der Waals surface area contributed by atoms with Gasteiger partial charge in [0.15, 0.2) is 0 Å². The Morgan fingerprint density at radius 2 is 1.78 bits per heavy atom. The third-order valence-corrected chi connectivity index (χ3v) is 3.50. The van der Waals surface area contributed by atoms with Gasteiger partial charge < -0.3 is 4.74 Å². The monoisotopic (exact) mass is 342 g/mol. The minimum atomic E-state index is -0.305. The van der Waals surface area contributed by atoms with E-state index >= 15 is 0 Å². The van der Waals surface area contributed by atoms with Crippen molar-refractivity contribution in [2.75, 3.05) is 7.11 Å². The molecule has 4 nitrogen and oxygen atoms in total. The maximum Gasteiger partial charge on any atom is 0.344 e. The van der Waals surface area contributed by atoms with Crippen molar-refractivity contribution in [3.63, 3.8) is 0 Å². The van der Waals surface area contributed by atoms with E-state index in [9.17, 15) is 0 Å². The van der Waals surface area contributed by atoms with Gasteiger partial charge in [-0.25, -0.2) is 14.1 Å². The summed E-state index contributed by atoms with van der Waals surface area (Å²) in [5, 5.41) is 0. The Morgan fingerprint density at radius 1 is 1.22 bits per heavy atom. The molecule has 0 amide bonds. The van der Waals surface area contributed by atoms with Crippen molar-refractivity contribution in [2.24, 2.45) is 17.5 Å². The molecule has 0 unspecified atom stereocenters. The summed E-state index contributed by atoms with van der Waals surface area (Å²) < 4.78 is 9.90. The molecule has 1 rings (SSSR count). The summed E-state index contributed by atoms with van der Waals surface area (Å²) in [6, 6.07) is 0. The van der Waals surface area contributed by atoms with Gasteiger partial charge in [-0.2, -0.15) is 0 Å². The van der Waals surface area contributed by atoms with Crippen LogP contribution < -0.4 is 4.57 Å². The van der Waals surface area contributed by atoms with Crippen molar-refractivity contribution in [1.82, 2.24) is 4.57 Å². The van der Waals surface area contributed by atoms with E-state index in [0.717, 1.165) is 18.8 Å². The topological polar surface area (TPSA) is 30.4 Å². The Labute approximate surface area is 146 Å². The van der Waals surface area contributed by atoms with Gasteiger partial charge in [0.25, 0.3) is 0 Å². The standard InChI is InChI=1S/C18H33ClN3O/c1-16(2,3)13-22-11-10-21(8)15(22)14(23-9)20-18(6,7)12-17(4,5)19/h10-11H,12-13H2,1-9H3/q+1/b20-14-. The van der Waals surface area contributed by atoms with Gasteiger partial charge in [-0.1, -0.05) is 20.8 Å². The number of hydrogen-bond acceptors (Lipinski definition) is 2. The van der Waals surface area contributed by atoms with Crippen molar-refractivity contribution in [2.45, 2.75) is 71.8 Å². The number of ether oxygens (including phenoxy) is 1. The zero-order chi connectivity index (χ0) is 18.1. The molecule has 0 N–H and O–H groups in total. The maximum absolute atomic E-state index is 6.40. The summed E-state index contributed by atoms with van der Waals surface area (Å²) in [6.45, 7) is 15.8. The largest absolute Gasteiger partial charge is 0.475 e. The van der Waals surface area contributed by atoms with Gasteiger partial charge in [-0.05, 0) is 39.5 Å². The number of aliphatic imine (C=N–C) groups is 1. The molecule has 0 saturated heterocycles. The lowest BCUT2D eigenvalue weighted by molar-refractivity contribution is -0.672. The minimum absolute atomic E-state index is 0.174. The Bertz CT molecular complexity index is 560. The second kappa shape index (κ2) is 6.84. The number of methoxy groups -OCH3 is 1. The lowest BCUT2D eigenvalue weighted by Gasteiger charge is -2.27. The lowest BCUT2D eigenvalue weighted by atomic mass is 9.93. The Morgan fingerprint density at radius 3 is 2.22 bits per heavy atom. The average Bonchev–Trinajstić information content (AvgIpc) is 2.62. The van der Waals surface area contributed by atoms with E-state index in [2.05, 4.69) is 49.9 Å². The maximum atomic E-state index is 6.40. The van der Waals surface area contributed by atoms with Crippen molar-refractivity contribution >= 4 is 17.5 Å². The smallest absolute Gasteiger partial charge is 0.344 e. The van der Waals surface area contributed by atoms with Crippen LogP contribution in [-0.2, 0) is 18.3 Å². The fourth-order valence-corrected chi connectivity index (χ4v) is 3.29. The number of hydrogen-bond donors (Lipinski definition) is 0. The van der Waals surface area contributed by atoms with Gasteiger partial charge in [0.05, 0.1) is 26.2 Å². The molecular weight excluding hydrogens is 310 g/mol. The van der Waals surface area contributed by atoms with Gasteiger partial charge in [-0.3, -0.25) is 0 Å². The number of rotatable bonds is 5. The van der Waals surface area contributed by atoms with E-state index in [4.69, 9.17) is 21.3 Å². The molecule has 0 aromatic carbocycles. The number of aryl methyl sites for hydroxylation is 1. The molecule has 132 valence electrons. The first-order chi connectivity index (χ1) is 10.2. The summed E-state index contributed by atoms with van der Waals surface area (Å²) >= 11 is 6.40. The van der Waals surface area contributed by atoms with Gasteiger partial charge in [0.1, 0.15) is 12.4 Å². The first kappa shape index (κ1) is 20.0. The summed E-state index contributed by atoms with van der Waals surface area (Å²) in [5.74, 6) is 1.62. The average molecular weight is 343 g/mol. The molecule has 1 aromatic heterocycles. The second-order valence-corrected chi connectivity index (χ2v) is 9.77. The van der Waals surface area contributed by atoms with Crippen LogP contribution in [0.15, 0.2) is 17.4 Å². The molecule has 0 radical (unpaired) electrons. The van der Waals surface area contributed by atoms with Gasteiger partial charge in [0.2, 0.25) is 0 Å². The Hall–Kier alpha value is -1.03. The number of imidazole rings is 1. The van der Waals surface area contributed by atoms with Crippen LogP contribution in [0.3, 0.4) is 0 Å². The van der Waals surface area contributed by atoms with Crippen LogP contribution in [-0.4, -0.2) is 28.0 Å². The fourth-order valence-electron chi connectivity index (χ4n) is 2.97. The molecule has 23 heavy (non-hydrogen) atoms. The van der Waals surface area contributed by atoms with Crippen LogP contribution in [0.4, 0.5) is 0 Å². The molecule has 0 saturated carbocycles. The van der Waals surface area contributed by atoms with E-state index in [1.54, 1.807) is 7.11 Å². The highest BCUT2D eigenvalue weighted by atomic mass is 35.5. The van der Waals surface area contributed by atoms with Crippen LogP contribution in [0.1, 0.15) is 60.7 Å². The normalized spacial score (nSPS) is 14.3. The number of aromatic nitrogens is 2. The summed E-state index contributed by atoms with van der Waals surface area (Å²) in [6.07, 6.45) is 4.87. The van der Waals surface area contributed by atoms with Crippen LogP contribution in [0, 0.1) is 5.41 Å². The lowest BCUT2D eigenvalue weighted by Crippen LogP contribution is -2.39. The predicted molar refractivity (Wildman–Crippen MR) is 97.2 cm³/mol. The SMILES string of the molecule is CO/C(=N\C(C)(C)CC(C)(C)Cl)c1n(CC(C)(C)C)cc[n+]1C. The molecule has 5 heteroatoms. The molecule has 0 atom stereocenters. The third-order valence-electron chi connectivity index (χ3n) is 3.36. The first-order valence-electron chi connectivity index (χ1n) is 8.12. The van der Waals surface area contributed by atoms with Crippen molar-refractivity contribution < 1.29 is 9.30 Å². The van der Waals surface area contributed by atoms with Crippen LogP contribution in [0.25, 0.3) is 0 Å². The highest BCUT2D eigenvalue weighted by Crippen LogP contribution is 2.29.